The lowest BCUT2D eigenvalue weighted by molar-refractivity contribution is 0.992. The molecular formula is C13H16N4. The van der Waals surface area contributed by atoms with Crippen LogP contribution >= 0.6 is 0 Å². The molecule has 0 saturated heterocycles. The number of rotatable bonds is 3. The SMILES string of the molecule is CCc1cc(N)nc(-c2ncccc2CC)n1. The van der Waals surface area contributed by atoms with Crippen LogP contribution in [0.4, 0.5) is 5.82 Å². The molecule has 2 aromatic rings. The summed E-state index contributed by atoms with van der Waals surface area (Å²) in [7, 11) is 0. The van der Waals surface area contributed by atoms with Gasteiger partial charge in [-0.25, -0.2) is 9.97 Å². The van der Waals surface area contributed by atoms with E-state index in [0.717, 1.165) is 29.8 Å². The summed E-state index contributed by atoms with van der Waals surface area (Å²) in [5.74, 6) is 1.12. The Morgan fingerprint density at radius 1 is 1.18 bits per heavy atom. The van der Waals surface area contributed by atoms with E-state index in [2.05, 4.69) is 21.9 Å². The van der Waals surface area contributed by atoms with Crippen LogP contribution < -0.4 is 5.73 Å². The van der Waals surface area contributed by atoms with Crippen molar-refractivity contribution in [1.29, 1.82) is 0 Å². The van der Waals surface area contributed by atoms with E-state index in [0.29, 0.717) is 11.6 Å². The van der Waals surface area contributed by atoms with Crippen LogP contribution in [0, 0.1) is 0 Å². The molecule has 0 saturated carbocycles. The molecule has 0 aliphatic carbocycles. The molecule has 2 N–H and O–H groups in total. The molecule has 0 aliphatic rings. The number of aryl methyl sites for hydroxylation is 2. The van der Waals surface area contributed by atoms with E-state index >= 15 is 0 Å². The van der Waals surface area contributed by atoms with E-state index in [9.17, 15) is 0 Å². The van der Waals surface area contributed by atoms with Crippen molar-refractivity contribution in [3.05, 3.63) is 35.7 Å². The summed E-state index contributed by atoms with van der Waals surface area (Å²) < 4.78 is 0. The highest BCUT2D eigenvalue weighted by Crippen LogP contribution is 2.19. The molecule has 0 fully saturated rings. The molecule has 4 nitrogen and oxygen atoms in total. The van der Waals surface area contributed by atoms with Crippen LogP contribution in [0.3, 0.4) is 0 Å². The monoisotopic (exact) mass is 228 g/mol. The van der Waals surface area contributed by atoms with Crippen LogP contribution in [-0.4, -0.2) is 15.0 Å². The van der Waals surface area contributed by atoms with Gasteiger partial charge in [0.15, 0.2) is 5.82 Å². The van der Waals surface area contributed by atoms with Crippen molar-refractivity contribution in [2.45, 2.75) is 26.7 Å². The van der Waals surface area contributed by atoms with Gasteiger partial charge in [0, 0.05) is 18.0 Å². The molecule has 0 atom stereocenters. The zero-order valence-corrected chi connectivity index (χ0v) is 10.1. The Balaban J connectivity index is 2.55. The number of anilines is 1. The third-order valence-electron chi connectivity index (χ3n) is 2.65. The van der Waals surface area contributed by atoms with Crippen LogP contribution in [0.5, 0.6) is 0 Å². The zero-order valence-electron chi connectivity index (χ0n) is 10.1. The average Bonchev–Trinajstić information content (AvgIpc) is 2.37. The number of nitrogen functional groups attached to an aromatic ring is 1. The topological polar surface area (TPSA) is 64.7 Å². The molecule has 0 unspecified atom stereocenters. The van der Waals surface area contributed by atoms with Crippen LogP contribution in [0.25, 0.3) is 11.5 Å². The molecule has 0 bridgehead atoms. The molecular weight excluding hydrogens is 212 g/mol. The van der Waals surface area contributed by atoms with Crippen molar-refractivity contribution in [3.8, 4) is 11.5 Å². The third-order valence-corrected chi connectivity index (χ3v) is 2.65. The van der Waals surface area contributed by atoms with Gasteiger partial charge in [0.2, 0.25) is 0 Å². The van der Waals surface area contributed by atoms with Crippen LogP contribution in [0.2, 0.25) is 0 Å². The van der Waals surface area contributed by atoms with Crippen molar-refractivity contribution in [2.24, 2.45) is 0 Å². The maximum atomic E-state index is 5.78. The molecule has 0 radical (unpaired) electrons. The van der Waals surface area contributed by atoms with Crippen molar-refractivity contribution in [2.75, 3.05) is 5.73 Å². The Hall–Kier alpha value is -1.97. The quantitative estimate of drug-likeness (QED) is 0.875. The largest absolute Gasteiger partial charge is 0.384 e. The summed E-state index contributed by atoms with van der Waals surface area (Å²) in [6.45, 7) is 4.14. The zero-order chi connectivity index (χ0) is 12.3. The molecule has 88 valence electrons. The minimum absolute atomic E-state index is 0.500. The summed E-state index contributed by atoms with van der Waals surface area (Å²) in [5, 5.41) is 0. The predicted octanol–water partition coefficient (Wildman–Crippen LogP) is 2.25. The number of hydrogen-bond donors (Lipinski definition) is 1. The second-order valence-electron chi connectivity index (χ2n) is 3.83. The fourth-order valence-electron chi connectivity index (χ4n) is 1.73. The van der Waals surface area contributed by atoms with Gasteiger partial charge in [0.1, 0.15) is 11.5 Å². The fraction of sp³-hybridized carbons (Fsp3) is 0.308. The highest BCUT2D eigenvalue weighted by Gasteiger charge is 2.09. The highest BCUT2D eigenvalue weighted by atomic mass is 15.0. The molecule has 0 aromatic carbocycles. The lowest BCUT2D eigenvalue weighted by Gasteiger charge is -2.07. The first-order valence-electron chi connectivity index (χ1n) is 5.82. The Morgan fingerprint density at radius 3 is 2.71 bits per heavy atom. The van der Waals surface area contributed by atoms with Crippen molar-refractivity contribution < 1.29 is 0 Å². The first kappa shape index (κ1) is 11.5. The smallest absolute Gasteiger partial charge is 0.180 e. The molecule has 2 rings (SSSR count). The molecule has 0 spiro atoms. The van der Waals surface area contributed by atoms with E-state index in [4.69, 9.17) is 5.73 Å². The second-order valence-corrected chi connectivity index (χ2v) is 3.83. The third kappa shape index (κ3) is 2.41. The van der Waals surface area contributed by atoms with Gasteiger partial charge in [-0.3, -0.25) is 4.98 Å². The summed E-state index contributed by atoms with van der Waals surface area (Å²) in [5.41, 5.74) is 8.70. The number of nitrogens with two attached hydrogens (primary N) is 1. The Labute approximate surface area is 101 Å². The van der Waals surface area contributed by atoms with E-state index in [1.54, 1.807) is 12.3 Å². The molecule has 2 heterocycles. The molecule has 17 heavy (non-hydrogen) atoms. The van der Waals surface area contributed by atoms with Gasteiger partial charge in [-0.2, -0.15) is 0 Å². The lowest BCUT2D eigenvalue weighted by Crippen LogP contribution is -2.02. The van der Waals surface area contributed by atoms with Crippen molar-refractivity contribution in [1.82, 2.24) is 15.0 Å². The van der Waals surface area contributed by atoms with Gasteiger partial charge >= 0.3 is 0 Å². The molecule has 2 aromatic heterocycles. The first-order valence-corrected chi connectivity index (χ1v) is 5.82. The summed E-state index contributed by atoms with van der Waals surface area (Å²) in [4.78, 5) is 13.1. The minimum atomic E-state index is 0.500. The number of pyridine rings is 1. The predicted molar refractivity (Wildman–Crippen MR) is 68.4 cm³/mol. The summed E-state index contributed by atoms with van der Waals surface area (Å²) >= 11 is 0. The minimum Gasteiger partial charge on any atom is -0.384 e. The highest BCUT2D eigenvalue weighted by molar-refractivity contribution is 5.56. The summed E-state index contributed by atoms with van der Waals surface area (Å²) in [6.07, 6.45) is 3.50. The van der Waals surface area contributed by atoms with Crippen LogP contribution in [-0.2, 0) is 12.8 Å². The van der Waals surface area contributed by atoms with Gasteiger partial charge in [-0.05, 0) is 24.5 Å². The van der Waals surface area contributed by atoms with Crippen molar-refractivity contribution >= 4 is 5.82 Å². The van der Waals surface area contributed by atoms with Gasteiger partial charge < -0.3 is 5.73 Å². The van der Waals surface area contributed by atoms with E-state index in [-0.39, 0.29) is 0 Å². The van der Waals surface area contributed by atoms with Gasteiger partial charge in [-0.1, -0.05) is 19.9 Å². The van der Waals surface area contributed by atoms with E-state index in [1.165, 1.54) is 0 Å². The number of nitrogens with zero attached hydrogens (tertiary/aromatic N) is 3. The lowest BCUT2D eigenvalue weighted by atomic mass is 10.1. The van der Waals surface area contributed by atoms with Crippen LogP contribution in [0.15, 0.2) is 24.4 Å². The van der Waals surface area contributed by atoms with E-state index < -0.39 is 0 Å². The molecule has 0 amide bonds. The normalized spacial score (nSPS) is 10.5. The van der Waals surface area contributed by atoms with Gasteiger partial charge in [0.25, 0.3) is 0 Å². The molecule has 0 aliphatic heterocycles. The summed E-state index contributed by atoms with van der Waals surface area (Å²) in [6, 6.07) is 5.77. The Kier molecular flexibility index (Phi) is 3.32. The average molecular weight is 228 g/mol. The first-order chi connectivity index (χ1) is 8.24. The second kappa shape index (κ2) is 4.91. The Bertz CT molecular complexity index is 523. The molecule has 4 heteroatoms. The van der Waals surface area contributed by atoms with Gasteiger partial charge in [0.05, 0.1) is 0 Å². The van der Waals surface area contributed by atoms with Crippen molar-refractivity contribution in [3.63, 3.8) is 0 Å². The number of hydrogen-bond acceptors (Lipinski definition) is 4. The van der Waals surface area contributed by atoms with Crippen LogP contribution in [0.1, 0.15) is 25.1 Å². The number of aromatic nitrogens is 3. The fourth-order valence-corrected chi connectivity index (χ4v) is 1.73. The Morgan fingerprint density at radius 2 is 2.00 bits per heavy atom. The van der Waals surface area contributed by atoms with Gasteiger partial charge in [-0.15, -0.1) is 0 Å². The maximum absolute atomic E-state index is 5.78. The van der Waals surface area contributed by atoms with E-state index in [1.807, 2.05) is 19.1 Å². The maximum Gasteiger partial charge on any atom is 0.180 e. The standard InChI is InChI=1S/C13H16N4/c1-3-9-6-5-7-15-12(9)13-16-10(4-2)8-11(14)17-13/h5-8H,3-4H2,1-2H3,(H2,14,16,17).